The molecule has 0 aromatic heterocycles. The van der Waals surface area contributed by atoms with Gasteiger partial charge in [-0.3, -0.25) is 4.79 Å². The third-order valence-electron chi connectivity index (χ3n) is 2.95. The minimum Gasteiger partial charge on any atom is -0.467 e. The molecule has 2 heteroatoms. The normalized spacial score (nSPS) is 12.3. The van der Waals surface area contributed by atoms with Crippen LogP contribution in [0.1, 0.15) is 34.1 Å². The molecule has 0 amide bonds. The van der Waals surface area contributed by atoms with E-state index in [0.29, 0.717) is 13.1 Å². The van der Waals surface area contributed by atoms with Gasteiger partial charge in [-0.05, 0) is 42.6 Å². The van der Waals surface area contributed by atoms with E-state index in [4.69, 9.17) is 4.74 Å². The highest BCUT2D eigenvalue weighted by molar-refractivity contribution is 5.45. The number of carbonyl (C=O) groups is 1. The first kappa shape index (κ1) is 18.2. The first-order chi connectivity index (χ1) is 9.23. The van der Waals surface area contributed by atoms with Gasteiger partial charge in [0.2, 0.25) is 0 Å². The third kappa shape index (κ3) is 6.93. The molecule has 0 saturated heterocycles. The van der Waals surface area contributed by atoms with Crippen LogP contribution >= 0.6 is 0 Å². The van der Waals surface area contributed by atoms with Gasteiger partial charge in [0.25, 0.3) is 6.47 Å². The van der Waals surface area contributed by atoms with Crippen molar-refractivity contribution in [3.05, 3.63) is 60.3 Å². The molecule has 0 saturated carbocycles. The highest BCUT2D eigenvalue weighted by Crippen LogP contribution is 2.29. The van der Waals surface area contributed by atoms with Crippen LogP contribution < -0.4 is 0 Å². The summed E-state index contributed by atoms with van der Waals surface area (Å²) in [6, 6.07) is 0. The number of ether oxygens (including phenoxy) is 1. The predicted molar refractivity (Wildman–Crippen MR) is 86.4 cm³/mol. The SMILES string of the molecule is C=C(/C=C(\C)C(=C)/C=C/C)C(=C)CC(C)(C)COC=O. The number of carbonyl (C=O) groups excluding carboxylic acids is 1. The van der Waals surface area contributed by atoms with Gasteiger partial charge in [0.15, 0.2) is 0 Å². The molecule has 0 rings (SSSR count). The fourth-order valence-corrected chi connectivity index (χ4v) is 1.79. The molecule has 0 unspecified atom stereocenters. The van der Waals surface area contributed by atoms with Crippen molar-refractivity contribution in [2.75, 3.05) is 6.61 Å². The quantitative estimate of drug-likeness (QED) is 0.447. The zero-order valence-electron chi connectivity index (χ0n) is 13.2. The summed E-state index contributed by atoms with van der Waals surface area (Å²) in [5.41, 5.74) is 3.70. The van der Waals surface area contributed by atoms with E-state index in [9.17, 15) is 4.79 Å². The van der Waals surface area contributed by atoms with Crippen LogP contribution in [0.15, 0.2) is 60.3 Å². The largest absolute Gasteiger partial charge is 0.467 e. The van der Waals surface area contributed by atoms with Crippen molar-refractivity contribution in [1.29, 1.82) is 0 Å². The summed E-state index contributed by atoms with van der Waals surface area (Å²) in [5.74, 6) is 0. The summed E-state index contributed by atoms with van der Waals surface area (Å²) in [7, 11) is 0. The second-order valence-electron chi connectivity index (χ2n) is 5.73. The Morgan fingerprint density at radius 1 is 1.20 bits per heavy atom. The number of hydrogen-bond donors (Lipinski definition) is 0. The van der Waals surface area contributed by atoms with E-state index in [1.807, 2.05) is 45.9 Å². The third-order valence-corrected chi connectivity index (χ3v) is 2.95. The van der Waals surface area contributed by atoms with E-state index in [0.717, 1.165) is 28.7 Å². The summed E-state index contributed by atoms with van der Waals surface area (Å²) < 4.78 is 4.84. The van der Waals surface area contributed by atoms with Gasteiger partial charge in [-0.25, -0.2) is 0 Å². The molecular formula is C18H26O2. The van der Waals surface area contributed by atoms with Crippen LogP contribution in [0.3, 0.4) is 0 Å². The van der Waals surface area contributed by atoms with Crippen LogP contribution in [0.2, 0.25) is 0 Å². The van der Waals surface area contributed by atoms with Crippen LogP contribution in [0.5, 0.6) is 0 Å². The molecule has 0 atom stereocenters. The molecule has 0 aromatic rings. The Morgan fingerprint density at radius 2 is 1.80 bits per heavy atom. The van der Waals surface area contributed by atoms with Crippen molar-refractivity contribution in [3.63, 3.8) is 0 Å². The molecule has 0 aliphatic heterocycles. The zero-order chi connectivity index (χ0) is 15.8. The molecule has 0 radical (unpaired) electrons. The maximum Gasteiger partial charge on any atom is 0.293 e. The van der Waals surface area contributed by atoms with Crippen molar-refractivity contribution >= 4 is 6.47 Å². The molecule has 0 N–H and O–H groups in total. The van der Waals surface area contributed by atoms with E-state index in [1.165, 1.54) is 0 Å². The van der Waals surface area contributed by atoms with Crippen molar-refractivity contribution < 1.29 is 9.53 Å². The lowest BCUT2D eigenvalue weighted by molar-refractivity contribution is -0.131. The molecule has 0 aromatic carbocycles. The van der Waals surface area contributed by atoms with Crippen molar-refractivity contribution in [2.45, 2.75) is 34.1 Å². The van der Waals surface area contributed by atoms with E-state index in [1.54, 1.807) is 0 Å². The standard InChI is InChI=1S/C18H26O2/c1-8-9-14(2)15(3)10-16(4)17(5)11-18(6,7)12-20-13-19/h8-10,13H,2,4-5,11-12H2,1,3,6-7H3/b9-8+,15-10+. The fourth-order valence-electron chi connectivity index (χ4n) is 1.79. The molecule has 20 heavy (non-hydrogen) atoms. The fraction of sp³-hybridized carbons (Fsp3) is 0.389. The first-order valence-electron chi connectivity index (χ1n) is 6.66. The zero-order valence-corrected chi connectivity index (χ0v) is 13.2. The molecule has 0 fully saturated rings. The highest BCUT2D eigenvalue weighted by atomic mass is 16.5. The highest BCUT2D eigenvalue weighted by Gasteiger charge is 2.20. The van der Waals surface area contributed by atoms with Gasteiger partial charge in [0.05, 0.1) is 6.61 Å². The molecule has 0 aliphatic rings. The van der Waals surface area contributed by atoms with Crippen LogP contribution in [0.4, 0.5) is 0 Å². The molecule has 0 bridgehead atoms. The van der Waals surface area contributed by atoms with Crippen LogP contribution in [-0.2, 0) is 9.53 Å². The topological polar surface area (TPSA) is 26.3 Å². The Morgan fingerprint density at radius 3 is 2.30 bits per heavy atom. The average Bonchev–Trinajstić information content (AvgIpc) is 2.36. The van der Waals surface area contributed by atoms with E-state index < -0.39 is 0 Å². The number of hydrogen-bond acceptors (Lipinski definition) is 2. The van der Waals surface area contributed by atoms with Crippen LogP contribution in [-0.4, -0.2) is 13.1 Å². The van der Waals surface area contributed by atoms with Gasteiger partial charge in [0, 0.05) is 5.41 Å². The minimum atomic E-state index is -0.150. The number of rotatable bonds is 9. The predicted octanol–water partition coefficient (Wildman–Crippen LogP) is 4.77. The van der Waals surface area contributed by atoms with Crippen LogP contribution in [0, 0.1) is 5.41 Å². The summed E-state index contributed by atoms with van der Waals surface area (Å²) in [6.45, 7) is 21.0. The average molecular weight is 274 g/mol. The Kier molecular flexibility index (Phi) is 7.60. The lowest BCUT2D eigenvalue weighted by Gasteiger charge is -2.24. The lowest BCUT2D eigenvalue weighted by Crippen LogP contribution is -2.19. The van der Waals surface area contributed by atoms with E-state index in [-0.39, 0.29) is 5.41 Å². The smallest absolute Gasteiger partial charge is 0.293 e. The first-order valence-corrected chi connectivity index (χ1v) is 6.66. The Hall–Kier alpha value is -1.83. The van der Waals surface area contributed by atoms with E-state index >= 15 is 0 Å². The molecule has 0 spiro atoms. The summed E-state index contributed by atoms with van der Waals surface area (Å²) in [6.07, 6.45) is 6.63. The Bertz CT molecular complexity index is 448. The van der Waals surface area contributed by atoms with Gasteiger partial charge in [-0.2, -0.15) is 0 Å². The Labute approximate surface area is 123 Å². The summed E-state index contributed by atoms with van der Waals surface area (Å²) >= 11 is 0. The maximum atomic E-state index is 10.3. The van der Waals surface area contributed by atoms with Gasteiger partial charge in [-0.15, -0.1) is 0 Å². The van der Waals surface area contributed by atoms with Crippen LogP contribution in [0.25, 0.3) is 0 Å². The van der Waals surface area contributed by atoms with Gasteiger partial charge < -0.3 is 4.74 Å². The summed E-state index contributed by atoms with van der Waals surface area (Å²) in [5, 5.41) is 0. The Balaban J connectivity index is 4.71. The second kappa shape index (κ2) is 8.36. The molecule has 0 aliphatic carbocycles. The molecule has 0 heterocycles. The monoisotopic (exact) mass is 274 g/mol. The second-order valence-corrected chi connectivity index (χ2v) is 5.73. The van der Waals surface area contributed by atoms with E-state index in [2.05, 4.69) is 19.7 Å². The van der Waals surface area contributed by atoms with Gasteiger partial charge in [-0.1, -0.05) is 51.8 Å². The maximum absolute atomic E-state index is 10.3. The molecule has 2 nitrogen and oxygen atoms in total. The van der Waals surface area contributed by atoms with Crippen molar-refractivity contribution in [2.24, 2.45) is 5.41 Å². The summed E-state index contributed by atoms with van der Waals surface area (Å²) in [4.78, 5) is 10.3. The number of allylic oxidation sites excluding steroid dienone is 7. The van der Waals surface area contributed by atoms with Crippen molar-refractivity contribution in [1.82, 2.24) is 0 Å². The lowest BCUT2D eigenvalue weighted by atomic mass is 9.84. The van der Waals surface area contributed by atoms with Crippen molar-refractivity contribution in [3.8, 4) is 0 Å². The molecule has 110 valence electrons. The molecular weight excluding hydrogens is 248 g/mol. The minimum absolute atomic E-state index is 0.150. The van der Waals surface area contributed by atoms with Gasteiger partial charge in [0.1, 0.15) is 0 Å². The van der Waals surface area contributed by atoms with Gasteiger partial charge >= 0.3 is 0 Å².